The topological polar surface area (TPSA) is 56.7 Å². The number of pyridine rings is 2. The van der Waals surface area contributed by atoms with Crippen LogP contribution in [0.5, 0.6) is 0 Å². The fourth-order valence-corrected chi connectivity index (χ4v) is 10.2. The van der Waals surface area contributed by atoms with Gasteiger partial charge in [-0.1, -0.05) is 53.4 Å². The second-order valence-corrected chi connectivity index (χ2v) is 26.5. The monoisotopic (exact) mass is 937 g/mol. The van der Waals surface area contributed by atoms with Gasteiger partial charge in [-0.3, -0.25) is 4.98 Å². The van der Waals surface area contributed by atoms with E-state index in [1.54, 1.807) is 4.40 Å². The summed E-state index contributed by atoms with van der Waals surface area (Å²) in [6.07, 6.45) is 3.27. The molecule has 0 unspecified atom stereocenters. The summed E-state index contributed by atoms with van der Waals surface area (Å²) < 4.78 is 10.2. The molecule has 53 heavy (non-hydrogen) atoms. The van der Waals surface area contributed by atoms with Crippen molar-refractivity contribution in [3.8, 4) is 33.9 Å². The van der Waals surface area contributed by atoms with Gasteiger partial charge < -0.3 is 8.98 Å². The molecule has 8 aromatic rings. The van der Waals surface area contributed by atoms with Crippen molar-refractivity contribution >= 4 is 50.8 Å². The summed E-state index contributed by atoms with van der Waals surface area (Å²) in [4.78, 5) is 14.5. The Morgan fingerprint density at radius 1 is 0.774 bits per heavy atom. The molecule has 0 amide bonds. The van der Waals surface area contributed by atoms with E-state index in [1.807, 2.05) is 66.7 Å². The third kappa shape index (κ3) is 8.11. The molecule has 271 valence electrons. The minimum atomic E-state index is -1.86. The minimum Gasteiger partial charge on any atom is 0 e. The first-order chi connectivity index (χ1) is 24.9. The number of hydrogen-bond acceptors (Lipinski definition) is 4. The summed E-state index contributed by atoms with van der Waals surface area (Å²) in [5, 5.41) is 2.02. The minimum absolute atomic E-state index is 0. The molecule has 0 aliphatic carbocycles. The predicted molar refractivity (Wildman–Crippen MR) is 220 cm³/mol. The third-order valence-corrected chi connectivity index (χ3v) is 13.6. The number of hydrogen-bond donors (Lipinski definition) is 0. The van der Waals surface area contributed by atoms with Crippen LogP contribution in [-0.4, -0.2) is 32.8 Å². The van der Waals surface area contributed by atoms with Gasteiger partial charge in [-0.25, -0.2) is 4.98 Å². The van der Waals surface area contributed by atoms with Crippen LogP contribution < -0.4 is 4.40 Å². The Balaban J connectivity index is 0.000000199. The zero-order chi connectivity index (χ0) is 36.6. The van der Waals surface area contributed by atoms with E-state index in [4.69, 9.17) is 19.4 Å². The first-order valence-corrected chi connectivity index (χ1v) is 25.5. The maximum absolute atomic E-state index is 6.37. The molecule has 0 spiro atoms. The summed E-state index contributed by atoms with van der Waals surface area (Å²) in [7, 11) is 0. The SMILES string of the molecule is CC(C)(C)n1c(-c2[c-]ccc3c2oc2nc(-c4ccccc4)ccc23)nc2ccccc21.CC(C)Cc1cc(-c2[c-]cccc2)nc[c]1[Ge]([CH3])([CH3])[CH3].[Ir]. The van der Waals surface area contributed by atoms with Crippen LogP contribution in [0.1, 0.15) is 40.2 Å². The first kappa shape index (κ1) is 38.4. The van der Waals surface area contributed by atoms with Crippen LogP contribution in [0.15, 0.2) is 120 Å². The molecule has 8 rings (SSSR count). The van der Waals surface area contributed by atoms with Gasteiger partial charge in [-0.05, 0) is 45.0 Å². The maximum atomic E-state index is 6.37. The molecule has 0 aliphatic rings. The average Bonchev–Trinajstić information content (AvgIpc) is 3.71. The number of nitrogens with zero attached hydrogens (tertiary/aromatic N) is 4. The van der Waals surface area contributed by atoms with Crippen molar-refractivity contribution in [1.82, 2.24) is 19.5 Å². The quantitative estimate of drug-likeness (QED) is 0.123. The van der Waals surface area contributed by atoms with E-state index in [1.165, 1.54) is 5.56 Å². The second kappa shape index (κ2) is 15.5. The van der Waals surface area contributed by atoms with Gasteiger partial charge in [0.2, 0.25) is 5.71 Å². The molecule has 1 radical (unpaired) electrons. The van der Waals surface area contributed by atoms with Gasteiger partial charge in [0.1, 0.15) is 0 Å². The molecule has 7 heteroatoms. The van der Waals surface area contributed by atoms with Crippen LogP contribution in [0.25, 0.3) is 67.0 Å². The van der Waals surface area contributed by atoms with Gasteiger partial charge in [0.05, 0.1) is 28.1 Å². The van der Waals surface area contributed by atoms with E-state index in [0.717, 1.165) is 67.7 Å². The Morgan fingerprint density at radius 3 is 2.21 bits per heavy atom. The largest absolute Gasteiger partial charge is 0 e. The number of benzene rings is 4. The van der Waals surface area contributed by atoms with Crippen molar-refractivity contribution in [2.75, 3.05) is 0 Å². The molecule has 0 saturated heterocycles. The normalized spacial score (nSPS) is 11.9. The van der Waals surface area contributed by atoms with Gasteiger partial charge in [-0.2, -0.15) is 0 Å². The summed E-state index contributed by atoms with van der Waals surface area (Å²) in [6, 6.07) is 43.6. The number of aromatic nitrogens is 4. The number of fused-ring (bicyclic) bond motifs is 4. The van der Waals surface area contributed by atoms with Crippen LogP contribution in [0.4, 0.5) is 0 Å². The van der Waals surface area contributed by atoms with Crippen LogP contribution >= 0.6 is 0 Å². The smallest absolute Gasteiger partial charge is 0 e. The van der Waals surface area contributed by atoms with Crippen molar-refractivity contribution in [3.05, 3.63) is 133 Å². The Bertz CT molecular complexity index is 2490. The van der Waals surface area contributed by atoms with Gasteiger partial charge in [0.25, 0.3) is 0 Å². The maximum Gasteiger partial charge on any atom is 0 e. The van der Waals surface area contributed by atoms with Crippen LogP contribution in [0.2, 0.25) is 17.3 Å². The standard InChI is InChI=1S/C28H22N3O.C18H24GeN.Ir/c1-28(2,3)31-24-15-8-7-14-23(24)29-26(31)21-13-9-12-19-20-16-17-22(18-10-5-4-6-11-18)30-27(20)32-25(19)21;1-14(2)11-16-12-18(15-9-7-6-8-10-15)20-13-17(16)19(3,4)5;/h4-12,14-17H,1-3H3;6-9,12-14H,11H2,1-5H3;/q2*-1;. The van der Waals surface area contributed by atoms with Crippen LogP contribution in [0, 0.1) is 18.1 Å². The van der Waals surface area contributed by atoms with Gasteiger partial charge in [-0.15, -0.1) is 18.2 Å². The summed E-state index contributed by atoms with van der Waals surface area (Å²) in [5.74, 6) is 8.85. The van der Waals surface area contributed by atoms with Crippen molar-refractivity contribution < 1.29 is 24.5 Å². The van der Waals surface area contributed by atoms with Gasteiger partial charge in [0, 0.05) is 36.6 Å². The zero-order valence-electron chi connectivity index (χ0n) is 31.8. The van der Waals surface area contributed by atoms with E-state index in [2.05, 4.69) is 117 Å². The molecular formula is C46H46GeIrN4O-2. The number of furan rings is 1. The molecule has 0 fully saturated rings. The van der Waals surface area contributed by atoms with Crippen molar-refractivity contribution in [2.24, 2.45) is 5.92 Å². The molecule has 0 atom stereocenters. The molecule has 0 bridgehead atoms. The number of imidazole rings is 1. The van der Waals surface area contributed by atoms with E-state index < -0.39 is 13.3 Å². The Labute approximate surface area is 329 Å². The second-order valence-electron chi connectivity index (χ2n) is 15.9. The van der Waals surface area contributed by atoms with Crippen molar-refractivity contribution in [3.63, 3.8) is 0 Å². The van der Waals surface area contributed by atoms with Gasteiger partial charge >= 0.3 is 126 Å². The molecule has 5 nitrogen and oxygen atoms in total. The summed E-state index contributed by atoms with van der Waals surface area (Å²) in [6.45, 7) is 11.1. The summed E-state index contributed by atoms with van der Waals surface area (Å²) in [5.41, 5.74) is 9.74. The number of para-hydroxylation sites is 2. The van der Waals surface area contributed by atoms with E-state index in [0.29, 0.717) is 11.6 Å². The molecule has 4 heterocycles. The van der Waals surface area contributed by atoms with Gasteiger partial charge in [0.15, 0.2) is 0 Å². The third-order valence-electron chi connectivity index (χ3n) is 9.23. The fraction of sp³-hybridized carbons (Fsp3) is 0.239. The van der Waals surface area contributed by atoms with Crippen LogP contribution in [-0.2, 0) is 32.1 Å². The molecule has 0 saturated carbocycles. The first-order valence-electron chi connectivity index (χ1n) is 18.1. The average molecular weight is 936 g/mol. The van der Waals surface area contributed by atoms with Crippen LogP contribution in [0.3, 0.4) is 0 Å². The Hall–Kier alpha value is -4.36. The molecule has 4 aromatic heterocycles. The zero-order valence-corrected chi connectivity index (χ0v) is 36.3. The van der Waals surface area contributed by atoms with Crippen molar-refractivity contribution in [2.45, 2.75) is 63.8 Å². The fourth-order valence-electron chi connectivity index (χ4n) is 6.91. The van der Waals surface area contributed by atoms with Crippen molar-refractivity contribution in [1.29, 1.82) is 0 Å². The molecule has 0 N–H and O–H groups in total. The molecule has 0 aliphatic heterocycles. The summed E-state index contributed by atoms with van der Waals surface area (Å²) >= 11 is -1.86. The molecule has 4 aromatic carbocycles. The Kier molecular flexibility index (Phi) is 11.3. The molecular weight excluding hydrogens is 889 g/mol. The number of rotatable bonds is 6. The van der Waals surface area contributed by atoms with E-state index in [-0.39, 0.29) is 25.6 Å². The predicted octanol–water partition coefficient (Wildman–Crippen LogP) is 11.5. The van der Waals surface area contributed by atoms with E-state index in [9.17, 15) is 0 Å². The van der Waals surface area contributed by atoms with E-state index >= 15 is 0 Å². The Morgan fingerprint density at radius 2 is 1.51 bits per heavy atom.